The molecule has 0 radical (unpaired) electrons. The molecule has 0 saturated heterocycles. The van der Waals surface area contributed by atoms with E-state index in [1.807, 2.05) is 24.3 Å². The summed E-state index contributed by atoms with van der Waals surface area (Å²) in [5, 5.41) is 2.86. The van der Waals surface area contributed by atoms with E-state index in [1.165, 1.54) is 5.56 Å². The van der Waals surface area contributed by atoms with Crippen LogP contribution in [0.2, 0.25) is 0 Å². The molecule has 2 rings (SSSR count). The van der Waals surface area contributed by atoms with E-state index in [-0.39, 0.29) is 17.9 Å². The van der Waals surface area contributed by atoms with Gasteiger partial charge in [-0.15, -0.1) is 0 Å². The van der Waals surface area contributed by atoms with Gasteiger partial charge in [0.05, 0.1) is 0 Å². The van der Waals surface area contributed by atoms with Crippen molar-refractivity contribution in [2.45, 2.75) is 46.0 Å². The molecule has 24 heavy (non-hydrogen) atoms. The van der Waals surface area contributed by atoms with Crippen molar-refractivity contribution in [1.29, 1.82) is 0 Å². The van der Waals surface area contributed by atoms with Crippen LogP contribution in [0, 0.1) is 11.7 Å². The lowest BCUT2D eigenvalue weighted by Crippen LogP contribution is -2.19. The van der Waals surface area contributed by atoms with E-state index >= 15 is 0 Å². The molecule has 3 N–H and O–H groups in total. The van der Waals surface area contributed by atoms with Gasteiger partial charge in [0.25, 0.3) is 5.56 Å². The van der Waals surface area contributed by atoms with Gasteiger partial charge < -0.3 is 10.3 Å². The van der Waals surface area contributed by atoms with Crippen LogP contribution < -0.4 is 10.9 Å². The van der Waals surface area contributed by atoms with Crippen molar-refractivity contribution in [1.82, 2.24) is 9.97 Å². The summed E-state index contributed by atoms with van der Waals surface area (Å²) in [7, 11) is 0. The number of carbonyl (C=O) groups excluding carboxylic acids is 1. The van der Waals surface area contributed by atoms with Gasteiger partial charge in [-0.2, -0.15) is 0 Å². The number of rotatable bonds is 6. The van der Waals surface area contributed by atoms with Crippen molar-refractivity contribution in [3.8, 4) is 0 Å². The molecule has 0 spiro atoms. The van der Waals surface area contributed by atoms with Crippen molar-refractivity contribution in [3.05, 3.63) is 56.2 Å². The molecule has 0 bridgehead atoms. The molecule has 0 aliphatic carbocycles. The number of aromatic nitrogens is 2. The van der Waals surface area contributed by atoms with E-state index in [9.17, 15) is 9.59 Å². The van der Waals surface area contributed by atoms with Crippen LogP contribution in [-0.4, -0.2) is 15.9 Å². The second-order valence-electron chi connectivity index (χ2n) is 5.99. The van der Waals surface area contributed by atoms with Crippen LogP contribution in [-0.2, 0) is 11.2 Å². The number of aromatic amines is 2. The Morgan fingerprint density at radius 2 is 1.92 bits per heavy atom. The average Bonchev–Trinajstić information content (AvgIpc) is 2.53. The fourth-order valence-corrected chi connectivity index (χ4v) is 2.77. The average molecular weight is 345 g/mol. The van der Waals surface area contributed by atoms with Crippen molar-refractivity contribution in [3.63, 3.8) is 0 Å². The van der Waals surface area contributed by atoms with Crippen LogP contribution in [0.25, 0.3) is 0 Å². The number of anilines is 1. The fourth-order valence-electron chi connectivity index (χ4n) is 2.52. The third kappa shape index (κ3) is 4.64. The number of aryl methyl sites for hydroxylation is 1. The topological polar surface area (TPSA) is 77.8 Å². The van der Waals surface area contributed by atoms with Gasteiger partial charge in [-0.25, -0.2) is 0 Å². The minimum atomic E-state index is -0.234. The van der Waals surface area contributed by atoms with Crippen LogP contribution in [0.3, 0.4) is 0 Å². The molecule has 1 heterocycles. The third-order valence-corrected chi connectivity index (χ3v) is 4.44. The first kappa shape index (κ1) is 18.1. The Labute approximate surface area is 146 Å². The molecule has 0 unspecified atom stereocenters. The van der Waals surface area contributed by atoms with Crippen molar-refractivity contribution >= 4 is 23.8 Å². The highest BCUT2D eigenvalue weighted by Gasteiger charge is 2.09. The second-order valence-corrected chi connectivity index (χ2v) is 6.40. The summed E-state index contributed by atoms with van der Waals surface area (Å²) in [5.74, 6) is 0.389. The van der Waals surface area contributed by atoms with Crippen LogP contribution >= 0.6 is 12.2 Å². The lowest BCUT2D eigenvalue weighted by atomic mass is 9.98. The fraction of sp³-hybridized carbons (Fsp3) is 0.389. The maximum atomic E-state index is 12.1. The van der Waals surface area contributed by atoms with Gasteiger partial charge in [0.15, 0.2) is 4.77 Å². The molecular weight excluding hydrogens is 322 g/mol. The van der Waals surface area contributed by atoms with Crippen LogP contribution in [0.5, 0.6) is 0 Å². The Morgan fingerprint density at radius 3 is 2.50 bits per heavy atom. The first-order chi connectivity index (χ1) is 11.4. The lowest BCUT2D eigenvalue weighted by molar-refractivity contribution is -0.116. The maximum absolute atomic E-state index is 12.1. The predicted octanol–water partition coefficient (Wildman–Crippen LogP) is 3.83. The standard InChI is InChI=1S/C18H23N3O2S/c1-4-11(2)13-5-7-14(8-6-13)20-16(22)10-9-15-12(3)19-18(24)21-17(15)23/h5-8,11H,4,9-10H2,1-3H3,(H,20,22)(H2,19,21,23,24)/t11-/m1/s1. The van der Waals surface area contributed by atoms with E-state index in [1.54, 1.807) is 6.92 Å². The first-order valence-electron chi connectivity index (χ1n) is 8.12. The zero-order valence-corrected chi connectivity index (χ0v) is 15.0. The number of nitrogens with one attached hydrogen (secondary N) is 3. The summed E-state index contributed by atoms with van der Waals surface area (Å²) in [4.78, 5) is 29.4. The summed E-state index contributed by atoms with van der Waals surface area (Å²) in [6, 6.07) is 7.90. The Bertz CT molecular complexity index is 821. The minimum absolute atomic E-state index is 0.118. The molecule has 0 fully saturated rings. The largest absolute Gasteiger partial charge is 0.336 e. The number of carbonyl (C=O) groups is 1. The Morgan fingerprint density at radius 1 is 1.25 bits per heavy atom. The lowest BCUT2D eigenvalue weighted by Gasteiger charge is -2.10. The van der Waals surface area contributed by atoms with Gasteiger partial charge in [-0.05, 0) is 55.6 Å². The van der Waals surface area contributed by atoms with E-state index in [0.717, 1.165) is 12.1 Å². The molecule has 5 nitrogen and oxygen atoms in total. The summed E-state index contributed by atoms with van der Waals surface area (Å²) in [6.07, 6.45) is 1.69. The molecule has 2 aromatic rings. The predicted molar refractivity (Wildman–Crippen MR) is 99.1 cm³/mol. The normalized spacial score (nSPS) is 12.0. The molecule has 1 aromatic carbocycles. The molecule has 1 amide bonds. The minimum Gasteiger partial charge on any atom is -0.336 e. The zero-order chi connectivity index (χ0) is 17.7. The van der Waals surface area contributed by atoms with E-state index in [4.69, 9.17) is 12.2 Å². The Balaban J connectivity index is 1.97. The second kappa shape index (κ2) is 8.06. The number of hydrogen-bond acceptors (Lipinski definition) is 3. The SMILES string of the molecule is CC[C@@H](C)c1ccc(NC(=O)CCc2c(C)[nH]c(=S)[nH]c2=O)cc1. The van der Waals surface area contributed by atoms with E-state index in [0.29, 0.717) is 28.4 Å². The Kier molecular flexibility index (Phi) is 6.09. The van der Waals surface area contributed by atoms with Crippen molar-refractivity contribution in [2.75, 3.05) is 5.32 Å². The van der Waals surface area contributed by atoms with Gasteiger partial charge in [0.2, 0.25) is 5.91 Å². The number of hydrogen-bond donors (Lipinski definition) is 3. The monoisotopic (exact) mass is 345 g/mol. The van der Waals surface area contributed by atoms with Gasteiger partial charge >= 0.3 is 0 Å². The molecule has 0 saturated carbocycles. The molecule has 128 valence electrons. The molecular formula is C18H23N3O2S. The molecule has 1 aromatic heterocycles. The molecule has 1 atom stereocenters. The number of H-pyrrole nitrogens is 2. The summed E-state index contributed by atoms with van der Waals surface area (Å²) in [5.41, 5.74) is 3.06. The Hall–Kier alpha value is -2.21. The van der Waals surface area contributed by atoms with Crippen molar-refractivity contribution < 1.29 is 4.79 Å². The maximum Gasteiger partial charge on any atom is 0.255 e. The summed E-state index contributed by atoms with van der Waals surface area (Å²) < 4.78 is 0.298. The summed E-state index contributed by atoms with van der Waals surface area (Å²) in [6.45, 7) is 6.12. The number of benzene rings is 1. The van der Waals surface area contributed by atoms with Gasteiger partial charge in [0.1, 0.15) is 0 Å². The zero-order valence-electron chi connectivity index (χ0n) is 14.2. The highest BCUT2D eigenvalue weighted by molar-refractivity contribution is 7.71. The van der Waals surface area contributed by atoms with Gasteiger partial charge in [-0.3, -0.25) is 14.6 Å². The van der Waals surface area contributed by atoms with Crippen LogP contribution in [0.1, 0.15) is 49.4 Å². The van der Waals surface area contributed by atoms with Crippen molar-refractivity contribution in [2.24, 2.45) is 0 Å². The highest BCUT2D eigenvalue weighted by atomic mass is 32.1. The highest BCUT2D eigenvalue weighted by Crippen LogP contribution is 2.20. The van der Waals surface area contributed by atoms with Crippen LogP contribution in [0.15, 0.2) is 29.1 Å². The smallest absolute Gasteiger partial charge is 0.255 e. The molecule has 6 heteroatoms. The van der Waals surface area contributed by atoms with E-state index in [2.05, 4.69) is 29.1 Å². The van der Waals surface area contributed by atoms with E-state index < -0.39 is 0 Å². The van der Waals surface area contributed by atoms with Crippen LogP contribution in [0.4, 0.5) is 5.69 Å². The summed E-state index contributed by atoms with van der Waals surface area (Å²) >= 11 is 4.92. The van der Waals surface area contributed by atoms with Gasteiger partial charge in [0, 0.05) is 23.4 Å². The first-order valence-corrected chi connectivity index (χ1v) is 8.53. The molecule has 0 aliphatic rings. The molecule has 0 aliphatic heterocycles. The number of amides is 1. The third-order valence-electron chi connectivity index (χ3n) is 4.23. The quantitative estimate of drug-likeness (QED) is 0.696. The van der Waals surface area contributed by atoms with Gasteiger partial charge in [-0.1, -0.05) is 26.0 Å².